The van der Waals surface area contributed by atoms with Gasteiger partial charge in [0.05, 0.1) is 6.42 Å². The minimum Gasteiger partial charge on any atom is -0.383 e. The number of nitrogens with zero attached hydrogens (tertiary/aromatic N) is 1. The Balaban J connectivity index is 0.000000640. The maximum Gasteiger partial charge on any atom is 0.255 e. The van der Waals surface area contributed by atoms with Gasteiger partial charge >= 0.3 is 0 Å². The van der Waals surface area contributed by atoms with Crippen LogP contribution in [0.3, 0.4) is 0 Å². The van der Waals surface area contributed by atoms with Gasteiger partial charge in [-0.25, -0.2) is 0 Å². The average molecular weight is 129 g/mol. The summed E-state index contributed by atoms with van der Waals surface area (Å²) in [4.78, 5) is 20.4. The summed E-state index contributed by atoms with van der Waals surface area (Å²) in [6.07, 6.45) is -1.19. The first-order valence-electron chi connectivity index (χ1n) is 2.22. The third-order valence-electron chi connectivity index (χ3n) is 0.944. The maximum absolute atomic E-state index is 10.2. The van der Waals surface area contributed by atoms with E-state index >= 15 is 0 Å². The molecule has 1 unspecified atom stereocenters. The van der Waals surface area contributed by atoms with E-state index in [1.165, 1.54) is 0 Å². The van der Waals surface area contributed by atoms with Crippen molar-refractivity contribution in [3.8, 4) is 0 Å². The Morgan fingerprint density at radius 1 is 1.56 bits per heavy atom. The molecule has 0 aromatic carbocycles. The fourth-order valence-corrected chi connectivity index (χ4v) is 0.540. The van der Waals surface area contributed by atoms with E-state index in [2.05, 4.69) is 0 Å². The molecule has 1 atom stereocenters. The number of amides is 2. The van der Waals surface area contributed by atoms with Crippen molar-refractivity contribution in [2.45, 2.75) is 12.5 Å². The first-order chi connectivity index (χ1) is 3.70. The fraction of sp³-hybridized carbons (Fsp3) is 0.500. The summed E-state index contributed by atoms with van der Waals surface area (Å²) in [5.74, 6) is -0.988. The predicted molar refractivity (Wildman–Crippen MR) is 25.9 cm³/mol. The fourth-order valence-electron chi connectivity index (χ4n) is 0.540. The second-order valence-electron chi connectivity index (χ2n) is 1.63. The number of hydrogen-bond acceptors (Lipinski definition) is 3. The normalized spacial score (nSPS) is 25.2. The van der Waals surface area contributed by atoms with Crippen molar-refractivity contribution in [2.75, 3.05) is 0 Å². The predicted octanol–water partition coefficient (Wildman–Crippen LogP) is -2.09. The topological polar surface area (TPSA) is 96.9 Å². The molecule has 9 heavy (non-hydrogen) atoms. The molecule has 0 spiro atoms. The lowest BCUT2D eigenvalue weighted by Crippen LogP contribution is -2.24. The summed E-state index contributed by atoms with van der Waals surface area (Å²) < 4.78 is 0. The second-order valence-corrected chi connectivity index (χ2v) is 1.63. The van der Waals surface area contributed by atoms with E-state index in [1.807, 2.05) is 5.32 Å². The monoisotopic (exact) mass is 129 g/mol. The van der Waals surface area contributed by atoms with Crippen molar-refractivity contribution < 1.29 is 14.7 Å². The van der Waals surface area contributed by atoms with Gasteiger partial charge < -0.3 is 5.11 Å². The molecule has 1 aliphatic rings. The molecule has 0 saturated carbocycles. The van der Waals surface area contributed by atoms with Gasteiger partial charge in [0.15, 0.2) is 0 Å². The van der Waals surface area contributed by atoms with Gasteiger partial charge in [-0.1, -0.05) is 0 Å². The zero-order valence-electron chi connectivity index (χ0n) is 4.50. The zero-order valence-corrected chi connectivity index (χ0v) is 4.50. The SMILES string of the molecule is O=C1CC(O)C(=O)N1.[N]. The highest BCUT2D eigenvalue weighted by atomic mass is 16.3. The molecular formula is C4H5N2O3. The molecule has 5 heteroatoms. The van der Waals surface area contributed by atoms with E-state index < -0.39 is 17.9 Å². The standard InChI is InChI=1S/C4H5NO3.N/c6-2-1-3(7)5-4(2)8;/h2,6H,1H2,(H,5,7,8);. The van der Waals surface area contributed by atoms with E-state index in [0.717, 1.165) is 0 Å². The Kier molecular flexibility index (Phi) is 2.29. The van der Waals surface area contributed by atoms with E-state index in [-0.39, 0.29) is 12.6 Å². The van der Waals surface area contributed by atoms with E-state index in [1.54, 1.807) is 0 Å². The van der Waals surface area contributed by atoms with Crippen LogP contribution >= 0.6 is 0 Å². The molecular weight excluding hydrogens is 124 g/mol. The lowest BCUT2D eigenvalue weighted by molar-refractivity contribution is -0.127. The minimum absolute atomic E-state index is 0. The second kappa shape index (κ2) is 2.56. The van der Waals surface area contributed by atoms with E-state index in [0.29, 0.717) is 0 Å². The molecule has 0 aliphatic carbocycles. The van der Waals surface area contributed by atoms with Crippen molar-refractivity contribution in [3.05, 3.63) is 0 Å². The molecule has 1 fully saturated rings. The van der Waals surface area contributed by atoms with Gasteiger partial charge in [-0.2, -0.15) is 0 Å². The first kappa shape index (κ1) is 8.06. The van der Waals surface area contributed by atoms with E-state index in [4.69, 9.17) is 5.11 Å². The van der Waals surface area contributed by atoms with E-state index in [9.17, 15) is 9.59 Å². The lowest BCUT2D eigenvalue weighted by Gasteiger charge is -1.88. The van der Waals surface area contributed by atoms with Crippen molar-refractivity contribution in [3.63, 3.8) is 0 Å². The van der Waals surface area contributed by atoms with Gasteiger partial charge in [-0.15, -0.1) is 0 Å². The van der Waals surface area contributed by atoms with Crippen LogP contribution in [0, 0.1) is 0 Å². The molecule has 2 amide bonds. The van der Waals surface area contributed by atoms with Crippen LogP contribution in [0.25, 0.3) is 0 Å². The molecule has 0 bridgehead atoms. The van der Waals surface area contributed by atoms with Crippen LogP contribution in [0.5, 0.6) is 0 Å². The molecule has 2 N–H and O–H groups in total. The summed E-state index contributed by atoms with van der Waals surface area (Å²) in [6, 6.07) is 0. The maximum atomic E-state index is 10.2. The summed E-state index contributed by atoms with van der Waals surface area (Å²) >= 11 is 0. The van der Waals surface area contributed by atoms with Crippen LogP contribution in [0.1, 0.15) is 6.42 Å². The molecule has 1 aliphatic heterocycles. The van der Waals surface area contributed by atoms with Crippen molar-refractivity contribution >= 4 is 11.8 Å². The largest absolute Gasteiger partial charge is 0.383 e. The molecule has 0 aromatic heterocycles. The third kappa shape index (κ3) is 1.48. The Morgan fingerprint density at radius 3 is 2.22 bits per heavy atom. The Hall–Kier alpha value is -0.940. The number of imide groups is 1. The number of carbonyl (C=O) groups is 2. The summed E-state index contributed by atoms with van der Waals surface area (Å²) in [5, 5.41) is 10.5. The summed E-state index contributed by atoms with van der Waals surface area (Å²) in [5.41, 5.74) is 0. The Morgan fingerprint density at radius 2 is 2.11 bits per heavy atom. The first-order valence-corrected chi connectivity index (χ1v) is 2.22. The molecule has 0 aromatic rings. The molecule has 1 rings (SSSR count). The van der Waals surface area contributed by atoms with Gasteiger partial charge in [0, 0.05) is 6.15 Å². The van der Waals surface area contributed by atoms with Gasteiger partial charge in [0.1, 0.15) is 6.10 Å². The molecule has 3 radical (unpaired) electrons. The van der Waals surface area contributed by atoms with Gasteiger partial charge in [0.2, 0.25) is 5.91 Å². The summed E-state index contributed by atoms with van der Waals surface area (Å²) in [7, 11) is 0. The van der Waals surface area contributed by atoms with Crippen molar-refractivity contribution in [1.29, 1.82) is 0 Å². The van der Waals surface area contributed by atoms with Crippen LogP contribution in [-0.4, -0.2) is 23.0 Å². The zero-order chi connectivity index (χ0) is 6.15. The molecule has 49 valence electrons. The van der Waals surface area contributed by atoms with Crippen LogP contribution in [0.2, 0.25) is 0 Å². The molecule has 5 nitrogen and oxygen atoms in total. The van der Waals surface area contributed by atoms with Crippen molar-refractivity contribution in [2.24, 2.45) is 0 Å². The third-order valence-corrected chi connectivity index (χ3v) is 0.944. The highest BCUT2D eigenvalue weighted by Gasteiger charge is 2.27. The van der Waals surface area contributed by atoms with Crippen LogP contribution < -0.4 is 11.5 Å². The lowest BCUT2D eigenvalue weighted by atomic mass is 10.3. The van der Waals surface area contributed by atoms with Gasteiger partial charge in [0.25, 0.3) is 5.91 Å². The van der Waals surface area contributed by atoms with Crippen LogP contribution in [0.15, 0.2) is 0 Å². The quantitative estimate of drug-likeness (QED) is 0.367. The van der Waals surface area contributed by atoms with Crippen LogP contribution in [-0.2, 0) is 9.59 Å². The molecule has 1 saturated heterocycles. The Bertz CT molecular complexity index is 145. The van der Waals surface area contributed by atoms with Crippen LogP contribution in [0.4, 0.5) is 0 Å². The summed E-state index contributed by atoms with van der Waals surface area (Å²) in [6.45, 7) is 0. The average Bonchev–Trinajstić information content (AvgIpc) is 1.85. The number of carbonyl (C=O) groups excluding carboxylic acids is 2. The highest BCUT2D eigenvalue weighted by Crippen LogP contribution is 1.98. The number of aliphatic hydroxyl groups excluding tert-OH is 1. The van der Waals surface area contributed by atoms with Gasteiger partial charge in [-0.3, -0.25) is 14.9 Å². The smallest absolute Gasteiger partial charge is 0.255 e. The number of aliphatic hydroxyl groups is 1. The van der Waals surface area contributed by atoms with Gasteiger partial charge in [-0.05, 0) is 0 Å². The number of nitrogens with one attached hydrogen (secondary N) is 1. The van der Waals surface area contributed by atoms with Crippen molar-refractivity contribution in [1.82, 2.24) is 11.5 Å². The Labute approximate surface area is 51.6 Å². The minimum atomic E-state index is -1.11. The highest BCUT2D eigenvalue weighted by molar-refractivity contribution is 6.04. The molecule has 1 heterocycles. The number of hydrogen-bond donors (Lipinski definition) is 2. The number of rotatable bonds is 0.